The molecule has 0 aliphatic heterocycles. The Morgan fingerprint density at radius 2 is 1.45 bits per heavy atom. The van der Waals surface area contributed by atoms with Crippen molar-refractivity contribution in [2.24, 2.45) is 0 Å². The molecule has 0 atom stereocenters. The minimum atomic E-state index is -1.74. The van der Waals surface area contributed by atoms with Gasteiger partial charge < -0.3 is 4.43 Å². The standard InChI is InChI=1S/C17H29IOSi/c1-13(2)20(14(3)4,15(5)6)19-12-17-9-7-8-16(10-17)11-18/h7-10,13-15H,11-12H2,1-6H3. The summed E-state index contributed by atoms with van der Waals surface area (Å²) in [4.78, 5) is 0. The minimum absolute atomic E-state index is 0.648. The van der Waals surface area contributed by atoms with Gasteiger partial charge in [-0.1, -0.05) is 88.4 Å². The van der Waals surface area contributed by atoms with Crippen molar-refractivity contribution in [3.63, 3.8) is 0 Å². The summed E-state index contributed by atoms with van der Waals surface area (Å²) in [5, 5.41) is 0. The molecule has 1 aromatic rings. The summed E-state index contributed by atoms with van der Waals surface area (Å²) >= 11 is 2.41. The Bertz CT molecular complexity index is 393. The van der Waals surface area contributed by atoms with Crippen molar-refractivity contribution in [2.75, 3.05) is 0 Å². The van der Waals surface area contributed by atoms with Crippen molar-refractivity contribution in [1.29, 1.82) is 0 Å². The van der Waals surface area contributed by atoms with Gasteiger partial charge in [0.15, 0.2) is 0 Å². The zero-order chi connectivity index (χ0) is 15.3. The molecule has 114 valence electrons. The summed E-state index contributed by atoms with van der Waals surface area (Å²) in [6.07, 6.45) is 0. The molecule has 1 rings (SSSR count). The quantitative estimate of drug-likeness (QED) is 0.294. The molecule has 1 aromatic carbocycles. The topological polar surface area (TPSA) is 9.23 Å². The van der Waals surface area contributed by atoms with E-state index in [1.807, 2.05) is 0 Å². The second-order valence-corrected chi connectivity index (χ2v) is 12.8. The van der Waals surface area contributed by atoms with Gasteiger partial charge in [-0.05, 0) is 27.8 Å². The van der Waals surface area contributed by atoms with E-state index < -0.39 is 8.32 Å². The average Bonchev–Trinajstić information content (AvgIpc) is 2.38. The molecule has 0 spiro atoms. The van der Waals surface area contributed by atoms with Gasteiger partial charge in [-0.3, -0.25) is 0 Å². The third kappa shape index (κ3) is 4.07. The second kappa shape index (κ2) is 7.94. The Kier molecular flexibility index (Phi) is 7.22. The maximum Gasteiger partial charge on any atom is 0.200 e. The van der Waals surface area contributed by atoms with E-state index in [0.29, 0.717) is 16.6 Å². The molecule has 0 heterocycles. The highest BCUT2D eigenvalue weighted by Gasteiger charge is 2.44. The van der Waals surface area contributed by atoms with Crippen molar-refractivity contribution >= 4 is 30.9 Å². The van der Waals surface area contributed by atoms with E-state index in [1.165, 1.54) is 11.1 Å². The minimum Gasteiger partial charge on any atom is -0.412 e. The zero-order valence-corrected chi connectivity index (χ0v) is 16.9. The van der Waals surface area contributed by atoms with E-state index in [9.17, 15) is 0 Å². The third-order valence-electron chi connectivity index (χ3n) is 4.34. The number of hydrogen-bond donors (Lipinski definition) is 0. The van der Waals surface area contributed by atoms with Crippen LogP contribution < -0.4 is 0 Å². The van der Waals surface area contributed by atoms with Crippen LogP contribution in [0.15, 0.2) is 24.3 Å². The average molecular weight is 404 g/mol. The number of rotatable bonds is 7. The summed E-state index contributed by atoms with van der Waals surface area (Å²) in [6, 6.07) is 8.81. The van der Waals surface area contributed by atoms with Crippen molar-refractivity contribution < 1.29 is 4.43 Å². The normalized spacial score (nSPS) is 12.7. The highest BCUT2D eigenvalue weighted by Crippen LogP contribution is 2.42. The molecule has 1 nitrogen and oxygen atoms in total. The van der Waals surface area contributed by atoms with Crippen LogP contribution in [-0.4, -0.2) is 8.32 Å². The fraction of sp³-hybridized carbons (Fsp3) is 0.647. The number of halogens is 1. The SMILES string of the molecule is CC(C)[Si](OCc1cccc(CI)c1)(C(C)C)C(C)C. The van der Waals surface area contributed by atoms with Crippen LogP contribution in [0.2, 0.25) is 16.6 Å². The second-order valence-electron chi connectivity index (χ2n) is 6.56. The van der Waals surface area contributed by atoms with E-state index in [0.717, 1.165) is 11.0 Å². The van der Waals surface area contributed by atoms with Crippen LogP contribution >= 0.6 is 22.6 Å². The van der Waals surface area contributed by atoms with Crippen molar-refractivity contribution in [3.8, 4) is 0 Å². The molecule has 0 aliphatic rings. The first-order valence-corrected chi connectivity index (χ1v) is 11.3. The van der Waals surface area contributed by atoms with E-state index in [4.69, 9.17) is 4.43 Å². The first kappa shape index (κ1) is 18.2. The lowest BCUT2D eigenvalue weighted by Crippen LogP contribution is -2.47. The molecule has 0 amide bonds. The first-order chi connectivity index (χ1) is 9.34. The van der Waals surface area contributed by atoms with Crippen LogP contribution in [0.25, 0.3) is 0 Å². The molecule has 0 saturated carbocycles. The van der Waals surface area contributed by atoms with Crippen LogP contribution in [-0.2, 0) is 15.5 Å². The third-order valence-corrected chi connectivity index (χ3v) is 11.3. The smallest absolute Gasteiger partial charge is 0.200 e. The van der Waals surface area contributed by atoms with Crippen LogP contribution in [0.3, 0.4) is 0 Å². The Balaban J connectivity index is 2.91. The molecule has 3 heteroatoms. The molecular formula is C17H29IOSi. The van der Waals surface area contributed by atoms with Gasteiger partial charge in [-0.15, -0.1) is 0 Å². The van der Waals surface area contributed by atoms with Crippen LogP contribution in [0.4, 0.5) is 0 Å². The fourth-order valence-electron chi connectivity index (χ4n) is 3.51. The summed E-state index contributed by atoms with van der Waals surface area (Å²) in [7, 11) is -1.74. The molecule has 0 N–H and O–H groups in total. The van der Waals surface area contributed by atoms with Gasteiger partial charge in [-0.25, -0.2) is 0 Å². The lowest BCUT2D eigenvalue weighted by molar-refractivity contribution is 0.266. The molecule has 0 unspecified atom stereocenters. The van der Waals surface area contributed by atoms with Crippen molar-refractivity contribution in [1.82, 2.24) is 0 Å². The van der Waals surface area contributed by atoms with Gasteiger partial charge in [-0.2, -0.15) is 0 Å². The maximum absolute atomic E-state index is 6.64. The summed E-state index contributed by atoms with van der Waals surface area (Å²) < 4.78 is 7.70. The number of hydrogen-bond acceptors (Lipinski definition) is 1. The van der Waals surface area contributed by atoms with E-state index >= 15 is 0 Å². The highest BCUT2D eigenvalue weighted by atomic mass is 127. The summed E-state index contributed by atoms with van der Waals surface area (Å²) in [5.41, 5.74) is 4.65. The number of alkyl halides is 1. The molecule has 0 aliphatic carbocycles. The molecule has 0 bridgehead atoms. The number of benzene rings is 1. The van der Waals surface area contributed by atoms with Crippen molar-refractivity contribution in [2.45, 2.75) is 69.2 Å². The lowest BCUT2D eigenvalue weighted by atomic mass is 10.1. The Morgan fingerprint density at radius 1 is 0.950 bits per heavy atom. The monoisotopic (exact) mass is 404 g/mol. The van der Waals surface area contributed by atoms with Gasteiger partial charge in [0.2, 0.25) is 8.32 Å². The molecule has 0 saturated heterocycles. The zero-order valence-electron chi connectivity index (χ0n) is 13.7. The fourth-order valence-corrected chi connectivity index (χ4v) is 9.40. The highest BCUT2D eigenvalue weighted by molar-refractivity contribution is 14.1. The van der Waals surface area contributed by atoms with Crippen LogP contribution in [0, 0.1) is 0 Å². The van der Waals surface area contributed by atoms with E-state index in [2.05, 4.69) is 88.4 Å². The van der Waals surface area contributed by atoms with Gasteiger partial charge >= 0.3 is 0 Å². The van der Waals surface area contributed by atoms with E-state index in [-0.39, 0.29) is 0 Å². The lowest BCUT2D eigenvalue weighted by Gasteiger charge is -2.42. The molecule has 0 radical (unpaired) electrons. The van der Waals surface area contributed by atoms with Gasteiger partial charge in [0.05, 0.1) is 6.61 Å². The Morgan fingerprint density at radius 3 is 1.90 bits per heavy atom. The van der Waals surface area contributed by atoms with Gasteiger partial charge in [0.25, 0.3) is 0 Å². The molecular weight excluding hydrogens is 375 g/mol. The largest absolute Gasteiger partial charge is 0.412 e. The summed E-state index contributed by atoms with van der Waals surface area (Å²) in [6.45, 7) is 14.8. The van der Waals surface area contributed by atoms with Gasteiger partial charge in [0.1, 0.15) is 0 Å². The Labute approximate surface area is 139 Å². The van der Waals surface area contributed by atoms with Crippen molar-refractivity contribution in [3.05, 3.63) is 35.4 Å². The molecule has 20 heavy (non-hydrogen) atoms. The predicted octanol–water partition coefficient (Wildman–Crippen LogP) is 6.31. The summed E-state index contributed by atoms with van der Waals surface area (Å²) in [5.74, 6) is 0. The molecule has 0 fully saturated rings. The Hall–Kier alpha value is 0.127. The van der Waals surface area contributed by atoms with Gasteiger partial charge in [0, 0.05) is 4.43 Å². The molecule has 0 aromatic heterocycles. The van der Waals surface area contributed by atoms with E-state index in [1.54, 1.807) is 0 Å². The van der Waals surface area contributed by atoms with Crippen LogP contribution in [0.1, 0.15) is 52.7 Å². The first-order valence-electron chi connectivity index (χ1n) is 7.62. The maximum atomic E-state index is 6.64. The van der Waals surface area contributed by atoms with Crippen LogP contribution in [0.5, 0.6) is 0 Å². The predicted molar refractivity (Wildman–Crippen MR) is 100 cm³/mol.